The predicted molar refractivity (Wildman–Crippen MR) is 211 cm³/mol. The molecule has 4 aromatic rings. The average molecular weight is 801 g/mol. The van der Waals surface area contributed by atoms with E-state index in [0.29, 0.717) is 66.9 Å². The summed E-state index contributed by atoms with van der Waals surface area (Å²) in [4.78, 5) is 42.3. The maximum Gasteiger partial charge on any atom is 0.446 e. The molecule has 6 rings (SSSR count). The fraction of sp³-hybridized carbons (Fsp3) is 0.447. The number of alkyl halides is 3. The van der Waals surface area contributed by atoms with Gasteiger partial charge in [0.15, 0.2) is 0 Å². The van der Waals surface area contributed by atoms with Gasteiger partial charge in [-0.2, -0.15) is 13.2 Å². The molecule has 3 N–H and O–H groups in total. The van der Waals surface area contributed by atoms with Gasteiger partial charge in [0.2, 0.25) is 0 Å². The number of aromatic nitrogens is 2. The Bertz CT molecular complexity index is 1940. The van der Waals surface area contributed by atoms with E-state index in [1.807, 2.05) is 45.0 Å². The number of H-pyrrole nitrogens is 1. The van der Waals surface area contributed by atoms with Crippen molar-refractivity contribution in [2.75, 3.05) is 82.7 Å². The number of carbonyl (C=O) groups excluding carboxylic acids is 2. The number of halogens is 3. The largest absolute Gasteiger partial charge is 0.455 e. The van der Waals surface area contributed by atoms with Crippen LogP contribution in [-0.2, 0) is 4.74 Å². The number of likely N-dealkylation sites (N-methyl/N-ethyl adjacent to an activating group) is 1. The SMILES string of the molecule is CN1CCN(c2ccc(C(=O)NSc3ccc(NCCCN4CCN(C(=O)OC(C)(C)C)CC4)c(SC(F)(F)F)c3)c(Oc3cnc4[nH]ccc4c3)c2)CC1. The van der Waals surface area contributed by atoms with Crippen LogP contribution in [0.5, 0.6) is 11.5 Å². The van der Waals surface area contributed by atoms with Crippen LogP contribution in [0, 0.1) is 0 Å². The quantitative estimate of drug-likeness (QED) is 0.0751. The number of anilines is 2. The number of rotatable bonds is 12. The second-order valence-electron chi connectivity index (χ2n) is 14.5. The number of aromatic amines is 1. The summed E-state index contributed by atoms with van der Waals surface area (Å²) in [5.41, 5.74) is -2.80. The Morgan fingerprint density at radius 2 is 1.71 bits per heavy atom. The van der Waals surface area contributed by atoms with Gasteiger partial charge in [0, 0.05) is 97.7 Å². The second-order valence-corrected chi connectivity index (χ2v) is 16.5. The molecule has 0 unspecified atom stereocenters. The second kappa shape index (κ2) is 17.6. The summed E-state index contributed by atoms with van der Waals surface area (Å²) in [6.07, 6.45) is 3.75. The summed E-state index contributed by atoms with van der Waals surface area (Å²) in [6, 6.07) is 13.9. The van der Waals surface area contributed by atoms with E-state index in [0.717, 1.165) is 55.7 Å². The third-order valence-electron chi connectivity index (χ3n) is 9.11. The van der Waals surface area contributed by atoms with Gasteiger partial charge in [-0.1, -0.05) is 0 Å². The van der Waals surface area contributed by atoms with Gasteiger partial charge in [-0.3, -0.25) is 14.4 Å². The third kappa shape index (κ3) is 11.6. The maximum atomic E-state index is 13.7. The summed E-state index contributed by atoms with van der Waals surface area (Å²) in [5, 5.41) is 4.02. The molecule has 17 heteroatoms. The zero-order chi connectivity index (χ0) is 39.2. The van der Waals surface area contributed by atoms with Gasteiger partial charge in [-0.05, 0) is 107 Å². The number of pyridine rings is 1. The molecule has 2 aliphatic rings. The topological polar surface area (TPSA) is 118 Å². The van der Waals surface area contributed by atoms with Crippen LogP contribution in [-0.4, -0.2) is 120 Å². The number of thioether (sulfide) groups is 1. The van der Waals surface area contributed by atoms with Gasteiger partial charge in [-0.25, -0.2) is 9.78 Å². The zero-order valence-corrected chi connectivity index (χ0v) is 33.0. The molecule has 4 heterocycles. The summed E-state index contributed by atoms with van der Waals surface area (Å²) in [7, 11) is 2.08. The first-order valence-corrected chi connectivity index (χ1v) is 19.8. The lowest BCUT2D eigenvalue weighted by molar-refractivity contribution is -0.0328. The Morgan fingerprint density at radius 3 is 2.44 bits per heavy atom. The summed E-state index contributed by atoms with van der Waals surface area (Å²) in [5.74, 6) is 0.339. The van der Waals surface area contributed by atoms with Crippen LogP contribution >= 0.6 is 23.7 Å². The van der Waals surface area contributed by atoms with E-state index in [-0.39, 0.29) is 28.3 Å². The van der Waals surface area contributed by atoms with E-state index < -0.39 is 17.0 Å². The standard InChI is InChI=1S/C38H47F3N8O4S2/c1-37(2,3)53-36(51)49-20-16-47(17-21-49)13-5-11-42-31-9-7-29(24-33(31)54-38(39,40)41)55-45-35(50)30-8-6-27(48-18-14-46(4)15-19-48)23-32(30)52-28-22-26-10-12-43-34(26)44-25-28/h6-10,12,22-25,42H,5,11,13-21H2,1-4H3,(H,43,44)(H,45,50). The number of nitrogens with one attached hydrogen (secondary N) is 3. The van der Waals surface area contributed by atoms with Crippen molar-refractivity contribution in [3.8, 4) is 11.5 Å². The number of benzene rings is 2. The highest BCUT2D eigenvalue weighted by molar-refractivity contribution is 8.00. The molecule has 2 aliphatic heterocycles. The minimum Gasteiger partial charge on any atom is -0.455 e. The van der Waals surface area contributed by atoms with Crippen LogP contribution in [0.2, 0.25) is 0 Å². The molecule has 0 bridgehead atoms. The van der Waals surface area contributed by atoms with Crippen LogP contribution < -0.4 is 19.7 Å². The molecule has 0 atom stereocenters. The number of hydrogen-bond acceptors (Lipinski definition) is 11. The number of amides is 2. The lowest BCUT2D eigenvalue weighted by Crippen LogP contribution is -2.50. The van der Waals surface area contributed by atoms with Crippen molar-refractivity contribution in [2.45, 2.75) is 48.1 Å². The average Bonchev–Trinajstić information content (AvgIpc) is 3.60. The van der Waals surface area contributed by atoms with Crippen molar-refractivity contribution in [3.05, 3.63) is 66.5 Å². The van der Waals surface area contributed by atoms with Crippen LogP contribution in [0.25, 0.3) is 11.0 Å². The maximum absolute atomic E-state index is 13.7. The van der Waals surface area contributed by atoms with Crippen molar-refractivity contribution < 1.29 is 32.2 Å². The van der Waals surface area contributed by atoms with Gasteiger partial charge in [0.25, 0.3) is 5.91 Å². The molecule has 2 fully saturated rings. The summed E-state index contributed by atoms with van der Waals surface area (Å²) >= 11 is 0.736. The molecule has 2 aromatic heterocycles. The van der Waals surface area contributed by atoms with Crippen LogP contribution in [0.3, 0.4) is 0 Å². The number of hydrogen-bond donors (Lipinski definition) is 3. The van der Waals surface area contributed by atoms with Gasteiger partial charge < -0.3 is 34.5 Å². The molecular weight excluding hydrogens is 754 g/mol. The van der Waals surface area contributed by atoms with E-state index >= 15 is 0 Å². The number of fused-ring (bicyclic) bond motifs is 1. The van der Waals surface area contributed by atoms with Crippen molar-refractivity contribution >= 4 is 58.1 Å². The van der Waals surface area contributed by atoms with E-state index in [4.69, 9.17) is 9.47 Å². The molecule has 2 saturated heterocycles. The Balaban J connectivity index is 1.08. The number of carbonyl (C=O) groups is 2. The first-order chi connectivity index (χ1) is 26.2. The smallest absolute Gasteiger partial charge is 0.446 e. The Morgan fingerprint density at radius 1 is 0.945 bits per heavy atom. The number of ether oxygens (including phenoxy) is 2. The van der Waals surface area contributed by atoms with Crippen molar-refractivity contribution in [3.63, 3.8) is 0 Å². The highest BCUT2D eigenvalue weighted by atomic mass is 32.2. The molecule has 296 valence electrons. The molecule has 2 amide bonds. The zero-order valence-electron chi connectivity index (χ0n) is 31.4. The molecule has 55 heavy (non-hydrogen) atoms. The fourth-order valence-corrected chi connectivity index (χ4v) is 7.63. The minimum absolute atomic E-state index is 0.00549. The van der Waals surface area contributed by atoms with Crippen LogP contribution in [0.4, 0.5) is 29.3 Å². The summed E-state index contributed by atoms with van der Waals surface area (Å²) < 4.78 is 55.5. The Labute approximate surface area is 327 Å². The van der Waals surface area contributed by atoms with E-state index in [1.54, 1.807) is 35.5 Å². The fourth-order valence-electron chi connectivity index (χ4n) is 6.23. The highest BCUT2D eigenvalue weighted by Gasteiger charge is 2.31. The predicted octanol–water partition coefficient (Wildman–Crippen LogP) is 7.51. The first-order valence-electron chi connectivity index (χ1n) is 18.2. The molecule has 0 aliphatic carbocycles. The monoisotopic (exact) mass is 800 g/mol. The minimum atomic E-state index is -4.51. The van der Waals surface area contributed by atoms with E-state index in [9.17, 15) is 22.8 Å². The van der Waals surface area contributed by atoms with Gasteiger partial charge in [0.05, 0.1) is 11.8 Å². The van der Waals surface area contributed by atoms with Crippen LogP contribution in [0.1, 0.15) is 37.6 Å². The molecule has 12 nitrogen and oxygen atoms in total. The van der Waals surface area contributed by atoms with Gasteiger partial charge in [-0.15, -0.1) is 0 Å². The van der Waals surface area contributed by atoms with Crippen molar-refractivity contribution in [1.29, 1.82) is 0 Å². The van der Waals surface area contributed by atoms with Crippen molar-refractivity contribution in [1.82, 2.24) is 29.4 Å². The molecule has 0 radical (unpaired) electrons. The molecule has 0 saturated carbocycles. The lowest BCUT2D eigenvalue weighted by atomic mass is 10.1. The van der Waals surface area contributed by atoms with Gasteiger partial charge in [0.1, 0.15) is 22.7 Å². The lowest BCUT2D eigenvalue weighted by Gasteiger charge is -2.35. The molecule has 0 spiro atoms. The Hall–Kier alpha value is -4.32. The van der Waals surface area contributed by atoms with Gasteiger partial charge >= 0.3 is 11.6 Å². The third-order valence-corrected chi connectivity index (χ3v) is 10.7. The number of nitrogens with zero attached hydrogens (tertiary/aromatic N) is 5. The number of piperazine rings is 2. The van der Waals surface area contributed by atoms with E-state index in [1.165, 1.54) is 6.07 Å². The molecular formula is C38H47F3N8O4S2. The van der Waals surface area contributed by atoms with E-state index in [2.05, 4.69) is 41.8 Å². The van der Waals surface area contributed by atoms with Crippen molar-refractivity contribution in [2.24, 2.45) is 0 Å². The molecule has 2 aromatic carbocycles. The highest BCUT2D eigenvalue weighted by Crippen LogP contribution is 2.42. The Kier molecular flexibility index (Phi) is 12.9. The van der Waals surface area contributed by atoms with Crippen LogP contribution in [0.15, 0.2) is 70.7 Å². The summed E-state index contributed by atoms with van der Waals surface area (Å²) in [6.45, 7) is 12.7. The first kappa shape index (κ1) is 40.3. The normalized spacial score (nSPS) is 16.0.